The molecule has 1 aromatic heterocycles. The Labute approximate surface area is 186 Å². The molecule has 6 rings (SSSR count). The monoisotopic (exact) mass is 422 g/mol. The molecular formula is C26H24N5O+. The fourth-order valence-corrected chi connectivity index (χ4v) is 4.93. The molecule has 1 atom stereocenters. The first-order valence-electron chi connectivity index (χ1n) is 10.8. The Hall–Kier alpha value is -3.45. The third-order valence-corrected chi connectivity index (χ3v) is 6.60. The summed E-state index contributed by atoms with van der Waals surface area (Å²) >= 11 is 0. The van der Waals surface area contributed by atoms with E-state index < -0.39 is 5.60 Å². The van der Waals surface area contributed by atoms with E-state index >= 15 is 0 Å². The first-order chi connectivity index (χ1) is 15.4. The molecule has 3 aliphatic rings. The minimum Gasteiger partial charge on any atom is -0.390 e. The van der Waals surface area contributed by atoms with Gasteiger partial charge in [-0.1, -0.05) is 42.5 Å². The summed E-state index contributed by atoms with van der Waals surface area (Å²) in [5, 5.41) is 11.3. The standard InChI is InChI=1S/C26H24N5O/c1-26(32)14-20(15-26)24-23-16-28-11-12-31(23,27)25(30-24)19-8-7-18-9-10-21(29-22(18)13-19)17-5-3-2-4-6-17/h2-13,16,20,32H,14-15,27H2,1H3/q+1. The SMILES string of the molecule is CC1(O)CC(C2=C3C=NC=C[N+]3(N)C(c3ccc4ccc(-c5ccccc5)nc4c3)=N2)C1. The minimum atomic E-state index is -0.636. The maximum Gasteiger partial charge on any atom is 0.264 e. The van der Waals surface area contributed by atoms with Gasteiger partial charge in [0, 0.05) is 16.9 Å². The largest absolute Gasteiger partial charge is 0.390 e. The number of nitrogens with two attached hydrogens (primary N) is 1. The number of aliphatic imine (C=N–C) groups is 2. The van der Waals surface area contributed by atoms with E-state index in [2.05, 4.69) is 41.4 Å². The predicted molar refractivity (Wildman–Crippen MR) is 126 cm³/mol. The zero-order valence-corrected chi connectivity index (χ0v) is 17.8. The number of allylic oxidation sites excluding steroid dienone is 2. The molecule has 0 radical (unpaired) electrons. The summed E-state index contributed by atoms with van der Waals surface area (Å²) in [5.74, 6) is 7.80. The van der Waals surface area contributed by atoms with Crippen LogP contribution in [-0.4, -0.2) is 32.3 Å². The van der Waals surface area contributed by atoms with Gasteiger partial charge in [-0.25, -0.2) is 4.98 Å². The van der Waals surface area contributed by atoms with Crippen LogP contribution in [0.25, 0.3) is 22.2 Å². The summed E-state index contributed by atoms with van der Waals surface area (Å²) in [4.78, 5) is 14.2. The molecule has 3 aromatic rings. The fourth-order valence-electron chi connectivity index (χ4n) is 4.93. The molecule has 3 heterocycles. The molecule has 6 heteroatoms. The Morgan fingerprint density at radius 3 is 2.59 bits per heavy atom. The highest BCUT2D eigenvalue weighted by Gasteiger charge is 2.50. The number of fused-ring (bicyclic) bond motifs is 2. The topological polar surface area (TPSA) is 83.9 Å². The lowest BCUT2D eigenvalue weighted by molar-refractivity contribution is -0.750. The highest BCUT2D eigenvalue weighted by atomic mass is 16.3. The molecule has 3 N–H and O–H groups in total. The van der Waals surface area contributed by atoms with Crippen molar-refractivity contribution >= 4 is 23.0 Å². The average Bonchev–Trinajstić information content (AvgIpc) is 3.10. The van der Waals surface area contributed by atoms with Crippen LogP contribution in [0.3, 0.4) is 0 Å². The van der Waals surface area contributed by atoms with Crippen molar-refractivity contribution in [2.24, 2.45) is 21.7 Å². The first kappa shape index (κ1) is 19.3. The molecule has 2 aromatic carbocycles. The number of benzene rings is 2. The molecule has 1 saturated carbocycles. The number of aliphatic hydroxyl groups is 1. The van der Waals surface area contributed by atoms with Gasteiger partial charge in [0.15, 0.2) is 0 Å². The molecule has 0 saturated heterocycles. The zero-order valence-electron chi connectivity index (χ0n) is 17.8. The summed E-state index contributed by atoms with van der Waals surface area (Å²) in [5.41, 5.74) is 5.00. The number of quaternary nitrogens is 1. The van der Waals surface area contributed by atoms with Gasteiger partial charge in [-0.05, 0) is 38.0 Å². The van der Waals surface area contributed by atoms with Gasteiger partial charge in [-0.3, -0.25) is 4.99 Å². The van der Waals surface area contributed by atoms with E-state index in [4.69, 9.17) is 15.8 Å². The molecule has 6 nitrogen and oxygen atoms in total. The summed E-state index contributed by atoms with van der Waals surface area (Å²) in [7, 11) is 0. The smallest absolute Gasteiger partial charge is 0.264 e. The van der Waals surface area contributed by atoms with Crippen LogP contribution in [0.4, 0.5) is 0 Å². The first-order valence-corrected chi connectivity index (χ1v) is 10.8. The van der Waals surface area contributed by atoms with Crippen molar-refractivity contribution in [3.8, 4) is 11.3 Å². The second-order valence-corrected chi connectivity index (χ2v) is 9.13. The lowest BCUT2D eigenvalue weighted by Gasteiger charge is -2.40. The number of pyridine rings is 1. The van der Waals surface area contributed by atoms with Gasteiger partial charge in [0.25, 0.3) is 5.84 Å². The molecular weight excluding hydrogens is 398 g/mol. The van der Waals surface area contributed by atoms with Gasteiger partial charge < -0.3 is 5.11 Å². The van der Waals surface area contributed by atoms with Crippen molar-refractivity contribution in [1.29, 1.82) is 0 Å². The van der Waals surface area contributed by atoms with Crippen LogP contribution < -0.4 is 5.84 Å². The van der Waals surface area contributed by atoms with Crippen LogP contribution in [0.15, 0.2) is 94.4 Å². The van der Waals surface area contributed by atoms with Gasteiger partial charge in [-0.2, -0.15) is 10.8 Å². The van der Waals surface area contributed by atoms with Crippen molar-refractivity contribution < 1.29 is 9.70 Å². The van der Waals surface area contributed by atoms with Crippen molar-refractivity contribution in [2.75, 3.05) is 0 Å². The molecule has 32 heavy (non-hydrogen) atoms. The number of amidine groups is 1. The summed E-state index contributed by atoms with van der Waals surface area (Å²) in [6, 6.07) is 20.5. The van der Waals surface area contributed by atoms with E-state index in [1.807, 2.05) is 37.4 Å². The second kappa shape index (κ2) is 6.77. The molecule has 158 valence electrons. The highest BCUT2D eigenvalue weighted by molar-refractivity contribution is 6.02. The Morgan fingerprint density at radius 2 is 1.81 bits per heavy atom. The number of nitrogens with zero attached hydrogens (tertiary/aromatic N) is 4. The quantitative estimate of drug-likeness (QED) is 0.488. The Morgan fingerprint density at radius 1 is 1.03 bits per heavy atom. The highest BCUT2D eigenvalue weighted by Crippen LogP contribution is 2.46. The summed E-state index contributed by atoms with van der Waals surface area (Å²) in [6.07, 6.45) is 6.73. The van der Waals surface area contributed by atoms with E-state index in [0.29, 0.717) is 12.8 Å². The Balaban J connectivity index is 1.44. The molecule has 2 aliphatic heterocycles. The van der Waals surface area contributed by atoms with Gasteiger partial charge >= 0.3 is 0 Å². The van der Waals surface area contributed by atoms with Crippen LogP contribution in [0, 0.1) is 5.92 Å². The van der Waals surface area contributed by atoms with E-state index in [0.717, 1.165) is 45.0 Å². The van der Waals surface area contributed by atoms with E-state index in [-0.39, 0.29) is 10.5 Å². The van der Waals surface area contributed by atoms with Crippen LogP contribution in [0.5, 0.6) is 0 Å². The number of hydrogen-bond acceptors (Lipinski definition) is 5. The molecule has 1 unspecified atom stereocenters. The third kappa shape index (κ3) is 2.96. The van der Waals surface area contributed by atoms with Crippen molar-refractivity contribution in [3.63, 3.8) is 0 Å². The van der Waals surface area contributed by atoms with Gasteiger partial charge in [-0.15, -0.1) is 4.59 Å². The van der Waals surface area contributed by atoms with Crippen molar-refractivity contribution in [3.05, 3.63) is 90.0 Å². The molecule has 0 spiro atoms. The predicted octanol–water partition coefficient (Wildman–Crippen LogP) is 4.28. The van der Waals surface area contributed by atoms with Crippen LogP contribution in [0.2, 0.25) is 0 Å². The van der Waals surface area contributed by atoms with Crippen LogP contribution in [0.1, 0.15) is 25.3 Å². The lowest BCUT2D eigenvalue weighted by atomic mass is 9.70. The molecule has 0 bridgehead atoms. The number of hydrogen-bond donors (Lipinski definition) is 2. The molecule has 1 aliphatic carbocycles. The van der Waals surface area contributed by atoms with Crippen LogP contribution in [-0.2, 0) is 0 Å². The van der Waals surface area contributed by atoms with Crippen LogP contribution >= 0.6 is 0 Å². The normalized spacial score (nSPS) is 28.6. The van der Waals surface area contributed by atoms with Gasteiger partial charge in [0.2, 0.25) is 5.70 Å². The Bertz CT molecular complexity index is 1360. The molecule has 0 amide bonds. The van der Waals surface area contributed by atoms with Crippen molar-refractivity contribution in [1.82, 2.24) is 4.98 Å². The summed E-state index contributed by atoms with van der Waals surface area (Å²) < 4.78 is -0.0125. The van der Waals surface area contributed by atoms with E-state index in [1.54, 1.807) is 12.4 Å². The second-order valence-electron chi connectivity index (χ2n) is 9.13. The van der Waals surface area contributed by atoms with Crippen molar-refractivity contribution in [2.45, 2.75) is 25.4 Å². The molecule has 1 fully saturated rings. The van der Waals surface area contributed by atoms with Gasteiger partial charge in [0.1, 0.15) is 11.9 Å². The van der Waals surface area contributed by atoms with E-state index in [1.165, 1.54) is 0 Å². The lowest BCUT2D eigenvalue weighted by Crippen LogP contribution is -2.53. The Kier molecular flexibility index (Phi) is 4.07. The fraction of sp³-hybridized carbons (Fsp3) is 0.192. The zero-order chi connectivity index (χ0) is 21.9. The maximum atomic E-state index is 10.3. The number of rotatable bonds is 3. The van der Waals surface area contributed by atoms with E-state index in [9.17, 15) is 5.11 Å². The summed E-state index contributed by atoms with van der Waals surface area (Å²) in [6.45, 7) is 1.87. The minimum absolute atomic E-state index is 0.0125. The maximum absolute atomic E-state index is 10.3. The number of aromatic nitrogens is 1. The third-order valence-electron chi connectivity index (χ3n) is 6.60. The average molecular weight is 423 g/mol. The van der Waals surface area contributed by atoms with Gasteiger partial charge in [0.05, 0.1) is 34.8 Å².